The lowest BCUT2D eigenvalue weighted by Gasteiger charge is -2.15. The first-order chi connectivity index (χ1) is 8.43. The first kappa shape index (κ1) is 16.4. The van der Waals surface area contributed by atoms with E-state index in [9.17, 15) is 14.4 Å². The first-order valence-electron chi connectivity index (χ1n) is 6.13. The second kappa shape index (κ2) is 9.44. The van der Waals surface area contributed by atoms with Crippen molar-refractivity contribution in [2.75, 3.05) is 20.1 Å². The van der Waals surface area contributed by atoms with Gasteiger partial charge in [0.05, 0.1) is 6.42 Å². The van der Waals surface area contributed by atoms with Gasteiger partial charge in [0.25, 0.3) is 0 Å². The van der Waals surface area contributed by atoms with Crippen LogP contribution in [0.2, 0.25) is 0 Å². The fraction of sp³-hybridized carbons (Fsp3) is 0.750. The number of hydrogen-bond donors (Lipinski definition) is 2. The van der Waals surface area contributed by atoms with Gasteiger partial charge in [-0.3, -0.25) is 14.4 Å². The number of unbranched alkanes of at least 4 members (excludes halogenated alkanes) is 2. The van der Waals surface area contributed by atoms with Gasteiger partial charge in [-0.1, -0.05) is 6.42 Å². The number of carboxylic acid groups (broad SMARTS) is 1. The van der Waals surface area contributed by atoms with E-state index in [4.69, 9.17) is 5.11 Å². The highest BCUT2D eigenvalue weighted by Gasteiger charge is 2.09. The van der Waals surface area contributed by atoms with Crippen LogP contribution in [0, 0.1) is 0 Å². The predicted molar refractivity (Wildman–Crippen MR) is 67.0 cm³/mol. The molecule has 0 rings (SSSR count). The molecule has 104 valence electrons. The molecule has 0 fully saturated rings. The topological polar surface area (TPSA) is 86.7 Å². The molecule has 6 heteroatoms. The van der Waals surface area contributed by atoms with E-state index >= 15 is 0 Å². The monoisotopic (exact) mass is 258 g/mol. The zero-order valence-electron chi connectivity index (χ0n) is 11.1. The molecule has 0 aromatic carbocycles. The Labute approximate surface area is 107 Å². The summed E-state index contributed by atoms with van der Waals surface area (Å²) in [5.74, 6) is -0.972. The molecule has 0 saturated carbocycles. The van der Waals surface area contributed by atoms with Crippen LogP contribution < -0.4 is 5.32 Å². The predicted octanol–water partition coefficient (Wildman–Crippen LogP) is 0.616. The Hall–Kier alpha value is -1.59. The number of carboxylic acids is 1. The Balaban J connectivity index is 3.51. The van der Waals surface area contributed by atoms with E-state index in [1.807, 2.05) is 0 Å². The quantitative estimate of drug-likeness (QED) is 0.593. The van der Waals surface area contributed by atoms with Crippen molar-refractivity contribution < 1.29 is 19.5 Å². The van der Waals surface area contributed by atoms with Gasteiger partial charge in [-0.2, -0.15) is 0 Å². The van der Waals surface area contributed by atoms with Crippen molar-refractivity contribution in [2.45, 2.75) is 39.0 Å². The van der Waals surface area contributed by atoms with Gasteiger partial charge in [-0.25, -0.2) is 0 Å². The molecule has 18 heavy (non-hydrogen) atoms. The summed E-state index contributed by atoms with van der Waals surface area (Å²) in [7, 11) is 1.61. The molecule has 6 nitrogen and oxygen atoms in total. The van der Waals surface area contributed by atoms with Crippen molar-refractivity contribution in [2.24, 2.45) is 0 Å². The number of nitrogens with one attached hydrogen (secondary N) is 1. The number of carbonyl (C=O) groups excluding carboxylic acids is 2. The highest BCUT2D eigenvalue weighted by molar-refractivity contribution is 5.76. The molecule has 0 aliphatic heterocycles. The van der Waals surface area contributed by atoms with Gasteiger partial charge in [-0.05, 0) is 12.8 Å². The maximum Gasteiger partial charge on any atom is 0.305 e. The van der Waals surface area contributed by atoms with Crippen LogP contribution in [0.15, 0.2) is 0 Å². The standard InChI is InChI=1S/C12H22N2O4/c1-10(15)13-8-5-3-4-6-11(16)14(2)9-7-12(17)18/h3-9H2,1-2H3,(H,13,15)(H,17,18). The summed E-state index contributed by atoms with van der Waals surface area (Å²) in [5.41, 5.74) is 0. The molecular weight excluding hydrogens is 236 g/mol. The van der Waals surface area contributed by atoms with Gasteiger partial charge in [-0.15, -0.1) is 0 Å². The normalized spacial score (nSPS) is 9.89. The molecule has 0 aliphatic carbocycles. The molecule has 0 aromatic rings. The van der Waals surface area contributed by atoms with E-state index < -0.39 is 5.97 Å². The van der Waals surface area contributed by atoms with Gasteiger partial charge in [0.1, 0.15) is 0 Å². The summed E-state index contributed by atoms with van der Waals surface area (Å²) in [6.45, 7) is 2.36. The molecule has 0 radical (unpaired) electrons. The summed E-state index contributed by atoms with van der Waals surface area (Å²) >= 11 is 0. The Bertz CT molecular complexity index is 292. The van der Waals surface area contributed by atoms with E-state index in [1.54, 1.807) is 7.05 Å². The molecule has 0 atom stereocenters. The molecule has 0 unspecified atom stereocenters. The summed E-state index contributed by atoms with van der Waals surface area (Å²) in [6.07, 6.45) is 2.89. The van der Waals surface area contributed by atoms with Crippen LogP contribution in [0.5, 0.6) is 0 Å². The molecule has 0 aliphatic rings. The number of rotatable bonds is 9. The lowest BCUT2D eigenvalue weighted by Crippen LogP contribution is -2.28. The lowest BCUT2D eigenvalue weighted by molar-refractivity contribution is -0.138. The van der Waals surface area contributed by atoms with Crippen molar-refractivity contribution in [3.63, 3.8) is 0 Å². The third-order valence-electron chi connectivity index (χ3n) is 2.53. The largest absolute Gasteiger partial charge is 0.481 e. The molecule has 2 N–H and O–H groups in total. The number of carbonyl (C=O) groups is 3. The Kier molecular flexibility index (Phi) is 8.61. The molecule has 2 amide bonds. The van der Waals surface area contributed by atoms with Crippen LogP contribution >= 0.6 is 0 Å². The smallest absolute Gasteiger partial charge is 0.305 e. The minimum absolute atomic E-state index is 0.0230. The van der Waals surface area contributed by atoms with E-state index in [1.165, 1.54) is 11.8 Å². The van der Waals surface area contributed by atoms with Crippen molar-refractivity contribution in [1.82, 2.24) is 10.2 Å². The molecule has 0 bridgehead atoms. The Morgan fingerprint density at radius 2 is 1.78 bits per heavy atom. The van der Waals surface area contributed by atoms with Crippen LogP contribution in [0.25, 0.3) is 0 Å². The van der Waals surface area contributed by atoms with Gasteiger partial charge in [0.15, 0.2) is 0 Å². The van der Waals surface area contributed by atoms with Crippen LogP contribution in [-0.2, 0) is 14.4 Å². The van der Waals surface area contributed by atoms with Crippen LogP contribution in [0.4, 0.5) is 0 Å². The second-order valence-corrected chi connectivity index (χ2v) is 4.25. The second-order valence-electron chi connectivity index (χ2n) is 4.25. The van der Waals surface area contributed by atoms with Crippen LogP contribution in [-0.4, -0.2) is 47.9 Å². The fourth-order valence-electron chi connectivity index (χ4n) is 1.42. The molecule has 0 spiro atoms. The summed E-state index contributed by atoms with van der Waals surface area (Å²) in [6, 6.07) is 0. The minimum Gasteiger partial charge on any atom is -0.481 e. The van der Waals surface area contributed by atoms with Crippen LogP contribution in [0.3, 0.4) is 0 Å². The van der Waals surface area contributed by atoms with Crippen molar-refractivity contribution in [3.8, 4) is 0 Å². The molecule has 0 aromatic heterocycles. The number of aliphatic carboxylic acids is 1. The average molecular weight is 258 g/mol. The average Bonchev–Trinajstić information content (AvgIpc) is 2.29. The zero-order valence-corrected chi connectivity index (χ0v) is 11.1. The third-order valence-corrected chi connectivity index (χ3v) is 2.53. The van der Waals surface area contributed by atoms with E-state index in [2.05, 4.69) is 5.32 Å². The highest BCUT2D eigenvalue weighted by atomic mass is 16.4. The van der Waals surface area contributed by atoms with E-state index in [0.717, 1.165) is 19.3 Å². The van der Waals surface area contributed by atoms with Crippen LogP contribution in [0.1, 0.15) is 39.0 Å². The summed E-state index contributed by atoms with van der Waals surface area (Å²) in [5, 5.41) is 11.2. The van der Waals surface area contributed by atoms with Gasteiger partial charge in [0, 0.05) is 33.5 Å². The van der Waals surface area contributed by atoms with Gasteiger partial charge >= 0.3 is 5.97 Å². The number of nitrogens with zero attached hydrogens (tertiary/aromatic N) is 1. The zero-order chi connectivity index (χ0) is 14.0. The Morgan fingerprint density at radius 1 is 1.11 bits per heavy atom. The summed E-state index contributed by atoms with van der Waals surface area (Å²) < 4.78 is 0. The minimum atomic E-state index is -0.898. The highest BCUT2D eigenvalue weighted by Crippen LogP contribution is 2.02. The maximum absolute atomic E-state index is 11.6. The SMILES string of the molecule is CC(=O)NCCCCCC(=O)N(C)CCC(=O)O. The molecule has 0 heterocycles. The number of hydrogen-bond acceptors (Lipinski definition) is 3. The fourth-order valence-corrected chi connectivity index (χ4v) is 1.42. The molecular formula is C12H22N2O4. The van der Waals surface area contributed by atoms with Crippen molar-refractivity contribution >= 4 is 17.8 Å². The van der Waals surface area contributed by atoms with E-state index in [0.29, 0.717) is 13.0 Å². The molecule has 0 saturated heterocycles. The third kappa shape index (κ3) is 9.62. The van der Waals surface area contributed by atoms with Gasteiger partial charge < -0.3 is 15.3 Å². The van der Waals surface area contributed by atoms with E-state index in [-0.39, 0.29) is 24.8 Å². The van der Waals surface area contributed by atoms with Gasteiger partial charge in [0.2, 0.25) is 11.8 Å². The Morgan fingerprint density at radius 3 is 2.33 bits per heavy atom. The summed E-state index contributed by atoms with van der Waals surface area (Å²) in [4.78, 5) is 33.9. The van der Waals surface area contributed by atoms with Crippen molar-refractivity contribution in [1.29, 1.82) is 0 Å². The first-order valence-corrected chi connectivity index (χ1v) is 6.13. The number of amides is 2. The lowest BCUT2D eigenvalue weighted by atomic mass is 10.2. The van der Waals surface area contributed by atoms with Crippen molar-refractivity contribution in [3.05, 3.63) is 0 Å². The maximum atomic E-state index is 11.6.